The summed E-state index contributed by atoms with van der Waals surface area (Å²) in [7, 11) is 0. The highest BCUT2D eigenvalue weighted by molar-refractivity contribution is 9.10. The highest BCUT2D eigenvalue weighted by Crippen LogP contribution is 2.17. The average molecular weight is 380 g/mol. The van der Waals surface area contributed by atoms with Gasteiger partial charge in [-0.3, -0.25) is 4.79 Å². The van der Waals surface area contributed by atoms with Crippen molar-refractivity contribution in [1.29, 1.82) is 0 Å². The molecule has 0 aromatic heterocycles. The minimum absolute atomic E-state index is 0.113. The normalized spacial score (nSPS) is 12.0. The van der Waals surface area contributed by atoms with Gasteiger partial charge in [0.05, 0.1) is 11.4 Å². The minimum Gasteiger partial charge on any atom is -0.395 e. The van der Waals surface area contributed by atoms with Crippen LogP contribution in [0.2, 0.25) is 0 Å². The first-order valence-corrected chi connectivity index (χ1v) is 8.34. The lowest BCUT2D eigenvalue weighted by atomic mass is 10.1. The van der Waals surface area contributed by atoms with E-state index < -0.39 is 4.83 Å². The third-order valence-electron chi connectivity index (χ3n) is 3.52. The van der Waals surface area contributed by atoms with Gasteiger partial charge in [0.15, 0.2) is 0 Å². The summed E-state index contributed by atoms with van der Waals surface area (Å²) in [5.74, 6) is -0.479. The Morgan fingerprint density at radius 3 is 2.43 bits per heavy atom. The quantitative estimate of drug-likeness (QED) is 0.750. The van der Waals surface area contributed by atoms with Gasteiger partial charge in [0.25, 0.3) is 0 Å². The van der Waals surface area contributed by atoms with Crippen LogP contribution in [0.15, 0.2) is 54.6 Å². The Morgan fingerprint density at radius 1 is 1.13 bits per heavy atom. The number of hydrogen-bond donors (Lipinski definition) is 1. The van der Waals surface area contributed by atoms with Gasteiger partial charge in [0.2, 0.25) is 5.91 Å². The molecular weight excluding hydrogens is 361 g/mol. The predicted octanol–water partition coefficient (Wildman–Crippen LogP) is 3.15. The van der Waals surface area contributed by atoms with E-state index in [1.165, 1.54) is 6.07 Å². The first-order chi connectivity index (χ1) is 11.1. The van der Waals surface area contributed by atoms with Gasteiger partial charge in [-0.1, -0.05) is 64.5 Å². The van der Waals surface area contributed by atoms with E-state index in [-0.39, 0.29) is 31.3 Å². The summed E-state index contributed by atoms with van der Waals surface area (Å²) in [6.45, 7) is 0.546. The summed E-state index contributed by atoms with van der Waals surface area (Å²) in [5.41, 5.74) is 1.48. The van der Waals surface area contributed by atoms with Crippen LogP contribution in [0.25, 0.3) is 0 Å². The first-order valence-electron chi connectivity index (χ1n) is 7.43. The second-order valence-corrected chi connectivity index (χ2v) is 6.34. The summed E-state index contributed by atoms with van der Waals surface area (Å²) in [6, 6.07) is 16.0. The molecule has 0 fully saturated rings. The molecule has 122 valence electrons. The molecule has 2 rings (SSSR count). The van der Waals surface area contributed by atoms with Crippen molar-refractivity contribution >= 4 is 21.8 Å². The van der Waals surface area contributed by atoms with Crippen LogP contribution in [-0.4, -0.2) is 33.9 Å². The van der Waals surface area contributed by atoms with E-state index in [2.05, 4.69) is 15.9 Å². The number of amides is 1. The number of aliphatic hydroxyl groups is 1. The van der Waals surface area contributed by atoms with Gasteiger partial charge in [-0.05, 0) is 23.6 Å². The summed E-state index contributed by atoms with van der Waals surface area (Å²) in [6.07, 6.45) is 0.266. The van der Waals surface area contributed by atoms with Crippen molar-refractivity contribution in [2.24, 2.45) is 0 Å². The number of rotatable bonds is 7. The van der Waals surface area contributed by atoms with E-state index in [1.54, 1.807) is 23.1 Å². The smallest absolute Gasteiger partial charge is 0.237 e. The van der Waals surface area contributed by atoms with Crippen molar-refractivity contribution in [3.05, 3.63) is 71.5 Å². The maximum absolute atomic E-state index is 13.7. The molecule has 5 heteroatoms. The molecule has 1 N–H and O–H groups in total. The van der Waals surface area contributed by atoms with E-state index in [0.717, 1.165) is 5.56 Å². The summed E-state index contributed by atoms with van der Waals surface area (Å²) in [4.78, 5) is 13.6. The topological polar surface area (TPSA) is 40.5 Å². The number of benzene rings is 2. The van der Waals surface area contributed by atoms with Gasteiger partial charge in [0.1, 0.15) is 5.82 Å². The molecule has 0 aliphatic carbocycles. The molecule has 1 amide bonds. The lowest BCUT2D eigenvalue weighted by Gasteiger charge is -2.24. The molecule has 0 aliphatic heterocycles. The zero-order valence-corrected chi connectivity index (χ0v) is 14.2. The van der Waals surface area contributed by atoms with Crippen molar-refractivity contribution in [2.45, 2.75) is 17.8 Å². The molecule has 0 aliphatic rings. The summed E-state index contributed by atoms with van der Waals surface area (Å²) >= 11 is 3.36. The fourth-order valence-electron chi connectivity index (χ4n) is 2.33. The molecule has 2 aromatic carbocycles. The molecule has 1 atom stereocenters. The van der Waals surface area contributed by atoms with Crippen molar-refractivity contribution in [2.75, 3.05) is 13.2 Å². The van der Waals surface area contributed by atoms with Crippen LogP contribution < -0.4 is 0 Å². The molecule has 23 heavy (non-hydrogen) atoms. The molecular formula is C18H19BrFNO2. The van der Waals surface area contributed by atoms with Crippen molar-refractivity contribution in [3.8, 4) is 0 Å². The van der Waals surface area contributed by atoms with Crippen molar-refractivity contribution < 1.29 is 14.3 Å². The maximum Gasteiger partial charge on any atom is 0.237 e. The van der Waals surface area contributed by atoms with E-state index in [4.69, 9.17) is 0 Å². The Hall–Kier alpha value is -1.72. The third-order valence-corrected chi connectivity index (χ3v) is 4.24. The highest BCUT2D eigenvalue weighted by atomic mass is 79.9. The fourth-order valence-corrected chi connectivity index (χ4v) is 2.97. The van der Waals surface area contributed by atoms with Gasteiger partial charge < -0.3 is 10.0 Å². The van der Waals surface area contributed by atoms with Crippen LogP contribution in [0.4, 0.5) is 4.39 Å². The fraction of sp³-hybridized carbons (Fsp3) is 0.278. The lowest BCUT2D eigenvalue weighted by Crippen LogP contribution is -2.39. The monoisotopic (exact) mass is 379 g/mol. The van der Waals surface area contributed by atoms with Crippen LogP contribution in [0.5, 0.6) is 0 Å². The van der Waals surface area contributed by atoms with Gasteiger partial charge in [-0.15, -0.1) is 0 Å². The number of halogens is 2. The molecule has 0 spiro atoms. The minimum atomic E-state index is -0.533. The first kappa shape index (κ1) is 17.6. The highest BCUT2D eigenvalue weighted by Gasteiger charge is 2.23. The molecule has 0 bridgehead atoms. The van der Waals surface area contributed by atoms with Gasteiger partial charge in [-0.2, -0.15) is 0 Å². The van der Waals surface area contributed by atoms with E-state index in [9.17, 15) is 14.3 Å². The SMILES string of the molecule is O=C(C(Br)Cc1ccccc1F)N(CCO)Cc1ccccc1. The summed E-state index contributed by atoms with van der Waals surface area (Å²) in [5, 5.41) is 9.21. The van der Waals surface area contributed by atoms with Crippen LogP contribution >= 0.6 is 15.9 Å². The second kappa shape index (κ2) is 8.79. The second-order valence-electron chi connectivity index (χ2n) is 5.23. The van der Waals surface area contributed by atoms with Gasteiger partial charge in [0, 0.05) is 13.1 Å². The Bertz CT molecular complexity index is 636. The lowest BCUT2D eigenvalue weighted by molar-refractivity contribution is -0.131. The van der Waals surface area contributed by atoms with E-state index in [1.807, 2.05) is 30.3 Å². The molecule has 3 nitrogen and oxygen atoms in total. The van der Waals surface area contributed by atoms with Crippen LogP contribution in [0.1, 0.15) is 11.1 Å². The Labute approximate surface area is 143 Å². The number of carbonyl (C=O) groups excluding carboxylic acids is 1. The standard InChI is InChI=1S/C18H19BrFNO2/c19-16(12-15-8-4-5-9-17(15)20)18(23)21(10-11-22)13-14-6-2-1-3-7-14/h1-9,16,22H,10-13H2. The van der Waals surface area contributed by atoms with E-state index in [0.29, 0.717) is 12.1 Å². The van der Waals surface area contributed by atoms with Gasteiger partial charge >= 0.3 is 0 Å². The third kappa shape index (κ3) is 5.15. The number of alkyl halides is 1. The van der Waals surface area contributed by atoms with Crippen LogP contribution in [0.3, 0.4) is 0 Å². The van der Waals surface area contributed by atoms with Crippen LogP contribution in [-0.2, 0) is 17.8 Å². The molecule has 0 heterocycles. The number of nitrogens with zero attached hydrogens (tertiary/aromatic N) is 1. The van der Waals surface area contributed by atoms with Gasteiger partial charge in [-0.25, -0.2) is 4.39 Å². The molecule has 0 saturated heterocycles. The molecule has 0 radical (unpaired) electrons. The zero-order chi connectivity index (χ0) is 16.7. The summed E-state index contributed by atoms with van der Waals surface area (Å²) < 4.78 is 13.7. The van der Waals surface area contributed by atoms with Crippen molar-refractivity contribution in [1.82, 2.24) is 4.90 Å². The predicted molar refractivity (Wildman–Crippen MR) is 91.8 cm³/mol. The Kier molecular flexibility index (Phi) is 6.74. The molecule has 0 saturated carbocycles. The van der Waals surface area contributed by atoms with Crippen molar-refractivity contribution in [3.63, 3.8) is 0 Å². The number of carbonyl (C=O) groups is 1. The number of hydrogen-bond acceptors (Lipinski definition) is 2. The zero-order valence-electron chi connectivity index (χ0n) is 12.7. The maximum atomic E-state index is 13.7. The number of aliphatic hydroxyl groups excluding tert-OH is 1. The Morgan fingerprint density at radius 2 is 1.78 bits per heavy atom. The van der Waals surface area contributed by atoms with Crippen LogP contribution in [0, 0.1) is 5.82 Å². The molecule has 2 aromatic rings. The Balaban J connectivity index is 2.06. The molecule has 1 unspecified atom stereocenters. The van der Waals surface area contributed by atoms with E-state index >= 15 is 0 Å². The average Bonchev–Trinajstić information content (AvgIpc) is 2.57. The largest absolute Gasteiger partial charge is 0.395 e.